The molecular weight excluding hydrogens is 184 g/mol. The lowest BCUT2D eigenvalue weighted by atomic mass is 10.0. The Morgan fingerprint density at radius 2 is 0.867 bits per heavy atom. The molecule has 0 saturated carbocycles. The topological polar surface area (TPSA) is 31.5 Å². The van der Waals surface area contributed by atoms with E-state index >= 15 is 0 Å². The third kappa shape index (κ3) is 3.56. The van der Waals surface area contributed by atoms with Crippen LogP contribution in [0.4, 0.5) is 0 Å². The summed E-state index contributed by atoms with van der Waals surface area (Å²) in [4.78, 5) is 0. The van der Waals surface area contributed by atoms with Crippen LogP contribution >= 0.6 is 0 Å². The van der Waals surface area contributed by atoms with Crippen LogP contribution in [-0.4, -0.2) is 5.48 Å². The molecule has 0 unspecified atom stereocenters. The second-order valence-corrected chi connectivity index (χ2v) is 3.47. The molecule has 0 amide bonds. The lowest BCUT2D eigenvalue weighted by molar-refractivity contribution is 0.824. The molecule has 2 N–H and O–H groups in total. The molecule has 78 valence electrons. The van der Waals surface area contributed by atoms with Crippen molar-refractivity contribution in [1.29, 1.82) is 0 Å². The van der Waals surface area contributed by atoms with Crippen LogP contribution < -0.4 is 0 Å². The molecule has 0 radical (unpaired) electrons. The van der Waals surface area contributed by atoms with Crippen LogP contribution in [0.2, 0.25) is 0 Å². The molecule has 2 aromatic carbocycles. The lowest BCUT2D eigenvalue weighted by Gasteiger charge is -2.01. The maximum atomic E-state index is 2.18. The molecular formula is C14H16O. The summed E-state index contributed by atoms with van der Waals surface area (Å²) in [6.07, 6.45) is 2.26. The fraction of sp³-hybridized carbons (Fsp3) is 0.143. The minimum atomic E-state index is 0. The van der Waals surface area contributed by atoms with E-state index in [1.54, 1.807) is 0 Å². The van der Waals surface area contributed by atoms with Crippen LogP contribution in [0.15, 0.2) is 60.7 Å². The first kappa shape index (κ1) is 11.5. The molecule has 0 aliphatic rings. The summed E-state index contributed by atoms with van der Waals surface area (Å²) in [5.41, 5.74) is 2.83. The molecule has 1 heteroatoms. The Labute approximate surface area is 90.7 Å². The maximum Gasteiger partial charge on any atom is -0.0238 e. The summed E-state index contributed by atoms with van der Waals surface area (Å²) in [5.74, 6) is 0. The highest BCUT2D eigenvalue weighted by molar-refractivity contribution is 5.19. The average Bonchev–Trinajstić information content (AvgIpc) is 2.29. The highest BCUT2D eigenvalue weighted by atomic mass is 16.0. The van der Waals surface area contributed by atoms with Crippen LogP contribution in [0.1, 0.15) is 11.1 Å². The molecule has 0 spiro atoms. The Hall–Kier alpha value is -1.60. The van der Waals surface area contributed by atoms with Gasteiger partial charge in [0.15, 0.2) is 0 Å². The monoisotopic (exact) mass is 200 g/mol. The van der Waals surface area contributed by atoms with E-state index in [1.807, 2.05) is 0 Å². The quantitative estimate of drug-likeness (QED) is 0.729. The van der Waals surface area contributed by atoms with E-state index in [9.17, 15) is 0 Å². The van der Waals surface area contributed by atoms with Crippen molar-refractivity contribution in [3.8, 4) is 0 Å². The van der Waals surface area contributed by atoms with E-state index in [-0.39, 0.29) is 5.48 Å². The largest absolute Gasteiger partial charge is 0.412 e. The number of hydrogen-bond donors (Lipinski definition) is 0. The molecule has 0 aromatic heterocycles. The minimum Gasteiger partial charge on any atom is -0.412 e. The zero-order chi connectivity index (χ0) is 9.64. The van der Waals surface area contributed by atoms with Crippen molar-refractivity contribution >= 4 is 0 Å². The molecule has 0 atom stereocenters. The van der Waals surface area contributed by atoms with Gasteiger partial charge in [-0.3, -0.25) is 0 Å². The Balaban J connectivity index is 0.00000112. The van der Waals surface area contributed by atoms with Crippen molar-refractivity contribution in [3.63, 3.8) is 0 Å². The summed E-state index contributed by atoms with van der Waals surface area (Å²) in [5, 5.41) is 0. The van der Waals surface area contributed by atoms with Gasteiger partial charge in [-0.15, -0.1) is 0 Å². The zero-order valence-electron chi connectivity index (χ0n) is 8.69. The average molecular weight is 200 g/mol. The third-order valence-electron chi connectivity index (χ3n) is 2.39. The summed E-state index contributed by atoms with van der Waals surface area (Å²) in [7, 11) is 0. The number of aryl methyl sites for hydroxylation is 2. The highest BCUT2D eigenvalue weighted by Gasteiger charge is 1.93. The fourth-order valence-electron chi connectivity index (χ4n) is 1.58. The molecule has 0 heterocycles. The molecule has 2 rings (SSSR count). The predicted molar refractivity (Wildman–Crippen MR) is 63.9 cm³/mol. The molecule has 0 aliphatic carbocycles. The molecule has 0 aliphatic heterocycles. The van der Waals surface area contributed by atoms with Crippen molar-refractivity contribution in [3.05, 3.63) is 71.8 Å². The van der Waals surface area contributed by atoms with Crippen molar-refractivity contribution in [2.75, 3.05) is 0 Å². The molecule has 2 aromatic rings. The normalized spacial score (nSPS) is 9.33. The van der Waals surface area contributed by atoms with Gasteiger partial charge in [0, 0.05) is 0 Å². The third-order valence-corrected chi connectivity index (χ3v) is 2.39. The van der Waals surface area contributed by atoms with Gasteiger partial charge in [-0.05, 0) is 24.0 Å². The molecule has 1 nitrogen and oxygen atoms in total. The van der Waals surface area contributed by atoms with E-state index in [1.165, 1.54) is 11.1 Å². The summed E-state index contributed by atoms with van der Waals surface area (Å²) < 4.78 is 0. The zero-order valence-corrected chi connectivity index (χ0v) is 8.69. The Bertz CT molecular complexity index is 328. The number of benzene rings is 2. The number of hydrogen-bond acceptors (Lipinski definition) is 0. The lowest BCUT2D eigenvalue weighted by Crippen LogP contribution is -1.89. The summed E-state index contributed by atoms with van der Waals surface area (Å²) in [6, 6.07) is 21.2. The van der Waals surface area contributed by atoms with Crippen molar-refractivity contribution in [2.45, 2.75) is 12.8 Å². The van der Waals surface area contributed by atoms with Crippen LogP contribution in [0, 0.1) is 0 Å². The fourth-order valence-corrected chi connectivity index (χ4v) is 1.58. The summed E-state index contributed by atoms with van der Waals surface area (Å²) >= 11 is 0. The van der Waals surface area contributed by atoms with Gasteiger partial charge in [0.25, 0.3) is 0 Å². The van der Waals surface area contributed by atoms with Crippen LogP contribution in [0.25, 0.3) is 0 Å². The van der Waals surface area contributed by atoms with Gasteiger partial charge < -0.3 is 5.48 Å². The van der Waals surface area contributed by atoms with Crippen LogP contribution in [0.3, 0.4) is 0 Å². The molecule has 15 heavy (non-hydrogen) atoms. The molecule has 0 bridgehead atoms. The maximum absolute atomic E-state index is 2.18. The van der Waals surface area contributed by atoms with E-state index in [0.717, 1.165) is 12.8 Å². The van der Waals surface area contributed by atoms with E-state index < -0.39 is 0 Å². The van der Waals surface area contributed by atoms with Gasteiger partial charge >= 0.3 is 0 Å². The first-order valence-electron chi connectivity index (χ1n) is 5.03. The van der Waals surface area contributed by atoms with Crippen LogP contribution in [0.5, 0.6) is 0 Å². The van der Waals surface area contributed by atoms with Gasteiger partial charge in [-0.2, -0.15) is 0 Å². The van der Waals surface area contributed by atoms with Gasteiger partial charge in [0.2, 0.25) is 0 Å². The second-order valence-electron chi connectivity index (χ2n) is 3.47. The Morgan fingerprint density at radius 1 is 0.533 bits per heavy atom. The number of rotatable bonds is 3. The van der Waals surface area contributed by atoms with E-state index in [0.29, 0.717) is 0 Å². The molecule has 0 fully saturated rings. The molecule has 0 saturated heterocycles. The van der Waals surface area contributed by atoms with Gasteiger partial charge in [0.05, 0.1) is 0 Å². The predicted octanol–water partition coefficient (Wildman–Crippen LogP) is 2.65. The van der Waals surface area contributed by atoms with Gasteiger partial charge in [-0.25, -0.2) is 0 Å². The second kappa shape index (κ2) is 5.99. The Kier molecular flexibility index (Phi) is 4.58. The first-order chi connectivity index (χ1) is 6.95. The van der Waals surface area contributed by atoms with Crippen molar-refractivity contribution < 1.29 is 5.48 Å². The Morgan fingerprint density at radius 3 is 1.20 bits per heavy atom. The summed E-state index contributed by atoms with van der Waals surface area (Å²) in [6.45, 7) is 0. The SMILES string of the molecule is O.c1ccc(CCc2ccccc2)cc1. The van der Waals surface area contributed by atoms with Gasteiger partial charge in [-0.1, -0.05) is 60.7 Å². The highest BCUT2D eigenvalue weighted by Crippen LogP contribution is 2.06. The first-order valence-corrected chi connectivity index (χ1v) is 5.03. The van der Waals surface area contributed by atoms with Gasteiger partial charge in [0.1, 0.15) is 0 Å². The smallest absolute Gasteiger partial charge is 0.0238 e. The van der Waals surface area contributed by atoms with Crippen molar-refractivity contribution in [2.24, 2.45) is 0 Å². The van der Waals surface area contributed by atoms with E-state index in [4.69, 9.17) is 0 Å². The standard InChI is InChI=1S/C14H14.H2O/c1-3-7-13(8-4-1)11-12-14-9-5-2-6-10-14;/h1-10H,11-12H2;1H2. The van der Waals surface area contributed by atoms with Crippen LogP contribution in [-0.2, 0) is 12.8 Å². The minimum absolute atomic E-state index is 0. The van der Waals surface area contributed by atoms with E-state index in [2.05, 4.69) is 60.7 Å². The van der Waals surface area contributed by atoms with Crippen molar-refractivity contribution in [1.82, 2.24) is 0 Å².